The highest BCUT2D eigenvalue weighted by atomic mass is 16.5. The van der Waals surface area contributed by atoms with Gasteiger partial charge in [0.05, 0.1) is 30.9 Å². The normalized spacial score (nSPS) is 9.95. The first-order valence-electron chi connectivity index (χ1n) is 6.40. The molecule has 0 atom stereocenters. The van der Waals surface area contributed by atoms with Crippen LogP contribution in [0.2, 0.25) is 0 Å². The fourth-order valence-corrected chi connectivity index (χ4v) is 1.70. The average Bonchev–Trinajstić information content (AvgIpc) is 2.51. The summed E-state index contributed by atoms with van der Waals surface area (Å²) in [5.41, 5.74) is 6.72. The lowest BCUT2D eigenvalue weighted by Crippen LogP contribution is -2.06. The van der Waals surface area contributed by atoms with Crippen molar-refractivity contribution in [2.45, 2.75) is 13.3 Å². The Bertz CT molecular complexity index is 682. The van der Waals surface area contributed by atoms with E-state index < -0.39 is 0 Å². The first kappa shape index (κ1) is 14.5. The first-order chi connectivity index (χ1) is 10.2. The van der Waals surface area contributed by atoms with Gasteiger partial charge in [-0.15, -0.1) is 0 Å². The van der Waals surface area contributed by atoms with Crippen LogP contribution in [0, 0.1) is 11.3 Å². The largest absolute Gasteiger partial charge is 0.496 e. The fourth-order valence-electron chi connectivity index (χ4n) is 1.70. The van der Waals surface area contributed by atoms with Gasteiger partial charge in [0.25, 0.3) is 0 Å². The maximum atomic E-state index is 9.00. The van der Waals surface area contributed by atoms with E-state index in [2.05, 4.69) is 21.0 Å². The second kappa shape index (κ2) is 6.52. The van der Waals surface area contributed by atoms with E-state index >= 15 is 0 Å². The Hall–Kier alpha value is -2.88. The zero-order valence-electron chi connectivity index (χ0n) is 11.8. The number of methoxy groups -OCH3 is 1. The van der Waals surface area contributed by atoms with Gasteiger partial charge in [-0.3, -0.25) is 0 Å². The molecule has 21 heavy (non-hydrogen) atoms. The number of benzene rings is 1. The molecule has 0 saturated carbocycles. The number of rotatable bonds is 5. The summed E-state index contributed by atoms with van der Waals surface area (Å²) >= 11 is 0. The van der Waals surface area contributed by atoms with Gasteiger partial charge in [0, 0.05) is 0 Å². The molecule has 7 heteroatoms. The van der Waals surface area contributed by atoms with Gasteiger partial charge < -0.3 is 15.2 Å². The predicted molar refractivity (Wildman–Crippen MR) is 76.7 cm³/mol. The van der Waals surface area contributed by atoms with Gasteiger partial charge in [-0.1, -0.05) is 6.92 Å². The predicted octanol–water partition coefficient (Wildman–Crippen LogP) is 1.79. The van der Waals surface area contributed by atoms with Crippen molar-refractivity contribution < 1.29 is 9.47 Å². The zero-order chi connectivity index (χ0) is 15.2. The highest BCUT2D eigenvalue weighted by Crippen LogP contribution is 2.29. The minimum absolute atomic E-state index is 0.0514. The lowest BCUT2D eigenvalue weighted by molar-refractivity contribution is 0.292. The molecular formula is C14H15N5O2. The van der Waals surface area contributed by atoms with Crippen molar-refractivity contribution in [1.82, 2.24) is 15.0 Å². The maximum Gasteiger partial charge on any atom is 0.321 e. The SMILES string of the molecule is CCCOc1nc(N)nc(-c2cc(C#N)ccc2OC)n1. The Labute approximate surface area is 122 Å². The number of ether oxygens (including phenoxy) is 2. The molecule has 0 fully saturated rings. The van der Waals surface area contributed by atoms with Crippen LogP contribution in [0.15, 0.2) is 18.2 Å². The molecule has 7 nitrogen and oxygen atoms in total. The Kier molecular flexibility index (Phi) is 4.51. The third-order valence-corrected chi connectivity index (χ3v) is 2.64. The van der Waals surface area contributed by atoms with Crippen molar-refractivity contribution in [2.75, 3.05) is 19.5 Å². The van der Waals surface area contributed by atoms with E-state index in [4.69, 9.17) is 20.5 Å². The number of aromatic nitrogens is 3. The molecule has 0 bridgehead atoms. The van der Waals surface area contributed by atoms with Crippen LogP contribution in [-0.2, 0) is 0 Å². The van der Waals surface area contributed by atoms with Crippen molar-refractivity contribution >= 4 is 5.95 Å². The molecule has 1 heterocycles. The fraction of sp³-hybridized carbons (Fsp3) is 0.286. The Morgan fingerprint density at radius 3 is 2.76 bits per heavy atom. The molecule has 1 aromatic heterocycles. The van der Waals surface area contributed by atoms with E-state index in [1.54, 1.807) is 18.2 Å². The number of nitrogens with zero attached hydrogens (tertiary/aromatic N) is 4. The van der Waals surface area contributed by atoms with Gasteiger partial charge >= 0.3 is 6.01 Å². The third kappa shape index (κ3) is 3.36. The van der Waals surface area contributed by atoms with Crippen LogP contribution in [0.3, 0.4) is 0 Å². The molecule has 2 aromatic rings. The smallest absolute Gasteiger partial charge is 0.321 e. The van der Waals surface area contributed by atoms with E-state index in [0.29, 0.717) is 29.3 Å². The molecule has 0 radical (unpaired) electrons. The Morgan fingerprint density at radius 1 is 1.29 bits per heavy atom. The minimum atomic E-state index is 0.0514. The monoisotopic (exact) mass is 285 g/mol. The van der Waals surface area contributed by atoms with Gasteiger partial charge in [-0.25, -0.2) is 0 Å². The quantitative estimate of drug-likeness (QED) is 0.892. The van der Waals surface area contributed by atoms with Crippen molar-refractivity contribution in [3.8, 4) is 29.2 Å². The molecule has 0 unspecified atom stereocenters. The van der Waals surface area contributed by atoms with Crippen molar-refractivity contribution in [2.24, 2.45) is 0 Å². The van der Waals surface area contributed by atoms with Gasteiger partial charge in [0.2, 0.25) is 5.95 Å². The van der Waals surface area contributed by atoms with Crippen molar-refractivity contribution in [3.05, 3.63) is 23.8 Å². The molecule has 108 valence electrons. The van der Waals surface area contributed by atoms with Gasteiger partial charge in [-0.05, 0) is 24.6 Å². The van der Waals surface area contributed by atoms with Crippen LogP contribution < -0.4 is 15.2 Å². The average molecular weight is 285 g/mol. The van der Waals surface area contributed by atoms with Gasteiger partial charge in [0.1, 0.15) is 5.75 Å². The number of anilines is 1. The highest BCUT2D eigenvalue weighted by Gasteiger charge is 2.13. The van der Waals surface area contributed by atoms with E-state index in [0.717, 1.165) is 6.42 Å². The van der Waals surface area contributed by atoms with E-state index in [1.165, 1.54) is 7.11 Å². The summed E-state index contributed by atoms with van der Waals surface area (Å²) in [6.45, 7) is 2.46. The molecule has 0 amide bonds. The number of hydrogen-bond donors (Lipinski definition) is 1. The summed E-state index contributed by atoms with van der Waals surface area (Å²) in [4.78, 5) is 12.2. The summed E-state index contributed by atoms with van der Waals surface area (Å²) in [7, 11) is 1.53. The van der Waals surface area contributed by atoms with Crippen molar-refractivity contribution in [3.63, 3.8) is 0 Å². The number of nitriles is 1. The standard InChI is InChI=1S/C14H15N5O2/c1-3-6-21-14-18-12(17-13(16)19-14)10-7-9(8-15)4-5-11(10)20-2/h4-5,7H,3,6H2,1-2H3,(H2,16,17,18,19). The summed E-state index contributed by atoms with van der Waals surface area (Å²) in [6, 6.07) is 7.19. The van der Waals surface area contributed by atoms with E-state index in [1.807, 2.05) is 6.92 Å². The zero-order valence-corrected chi connectivity index (χ0v) is 11.8. The lowest BCUT2D eigenvalue weighted by Gasteiger charge is -2.09. The van der Waals surface area contributed by atoms with Gasteiger partial charge in [0.15, 0.2) is 5.82 Å². The number of nitrogens with two attached hydrogens (primary N) is 1. The summed E-state index contributed by atoms with van der Waals surface area (Å²) in [6.07, 6.45) is 0.828. The van der Waals surface area contributed by atoms with Crippen LogP contribution in [0.1, 0.15) is 18.9 Å². The molecule has 0 aliphatic carbocycles. The van der Waals surface area contributed by atoms with E-state index in [-0.39, 0.29) is 12.0 Å². The second-order valence-corrected chi connectivity index (χ2v) is 4.18. The van der Waals surface area contributed by atoms with E-state index in [9.17, 15) is 0 Å². The minimum Gasteiger partial charge on any atom is -0.496 e. The van der Waals surface area contributed by atoms with Crippen molar-refractivity contribution in [1.29, 1.82) is 5.26 Å². The van der Waals surface area contributed by atoms with Crippen LogP contribution in [0.4, 0.5) is 5.95 Å². The second-order valence-electron chi connectivity index (χ2n) is 4.18. The van der Waals surface area contributed by atoms with Crippen LogP contribution >= 0.6 is 0 Å². The lowest BCUT2D eigenvalue weighted by atomic mass is 10.1. The molecule has 2 rings (SSSR count). The van der Waals surface area contributed by atoms with Crippen LogP contribution in [0.5, 0.6) is 11.8 Å². The summed E-state index contributed by atoms with van der Waals surface area (Å²) < 4.78 is 10.6. The molecular weight excluding hydrogens is 270 g/mol. The molecule has 2 N–H and O–H groups in total. The first-order valence-corrected chi connectivity index (χ1v) is 6.40. The molecule has 0 aliphatic rings. The molecule has 0 spiro atoms. The summed E-state index contributed by atoms with van der Waals surface area (Å²) in [5.74, 6) is 0.902. The number of hydrogen-bond acceptors (Lipinski definition) is 7. The topological polar surface area (TPSA) is 107 Å². The number of nitrogen functional groups attached to an aromatic ring is 1. The van der Waals surface area contributed by atoms with Gasteiger partial charge in [-0.2, -0.15) is 20.2 Å². The Morgan fingerprint density at radius 2 is 2.10 bits per heavy atom. The molecule has 1 aromatic carbocycles. The molecule has 0 aliphatic heterocycles. The third-order valence-electron chi connectivity index (χ3n) is 2.64. The Balaban J connectivity index is 2.50. The summed E-state index contributed by atoms with van der Waals surface area (Å²) in [5, 5.41) is 9.00. The maximum absolute atomic E-state index is 9.00. The molecule has 0 saturated heterocycles. The van der Waals surface area contributed by atoms with Crippen LogP contribution in [-0.4, -0.2) is 28.7 Å². The highest BCUT2D eigenvalue weighted by molar-refractivity contribution is 5.67. The van der Waals surface area contributed by atoms with Crippen LogP contribution in [0.25, 0.3) is 11.4 Å².